The molecule has 10 nitrogen and oxygen atoms in total. The molecular formula is C26H25N3O7S. The molecule has 2 N–H and O–H groups in total. The van der Waals surface area contributed by atoms with Gasteiger partial charge in [-0.3, -0.25) is 9.59 Å². The first-order valence-electron chi connectivity index (χ1n) is 11.8. The van der Waals surface area contributed by atoms with Gasteiger partial charge in [0.2, 0.25) is 5.76 Å². The Hall–Kier alpha value is -4.25. The van der Waals surface area contributed by atoms with E-state index in [9.17, 15) is 19.2 Å². The molecule has 1 aliphatic carbocycles. The molecule has 0 spiro atoms. The molecular weight excluding hydrogens is 498 g/mol. The summed E-state index contributed by atoms with van der Waals surface area (Å²) < 4.78 is 15.4. The molecule has 0 aliphatic heterocycles. The van der Waals surface area contributed by atoms with Gasteiger partial charge in [-0.15, -0.1) is 11.3 Å². The summed E-state index contributed by atoms with van der Waals surface area (Å²) in [4.78, 5) is 50.6. The number of rotatable bonds is 7. The fraction of sp³-hybridized carbons (Fsp3) is 0.269. The molecule has 2 aromatic heterocycles. The molecule has 3 aromatic rings. The van der Waals surface area contributed by atoms with E-state index in [0.717, 1.165) is 42.5 Å². The lowest BCUT2D eigenvalue weighted by atomic mass is 10.1. The first-order chi connectivity index (χ1) is 18.0. The Labute approximate surface area is 216 Å². The third kappa shape index (κ3) is 6.50. The van der Waals surface area contributed by atoms with Crippen LogP contribution in [0.15, 0.2) is 52.2 Å². The molecule has 0 fully saturated rings. The van der Waals surface area contributed by atoms with Crippen molar-refractivity contribution in [3.8, 4) is 5.75 Å². The highest BCUT2D eigenvalue weighted by Crippen LogP contribution is 2.38. The van der Waals surface area contributed by atoms with Crippen LogP contribution in [-0.2, 0) is 27.2 Å². The topological polar surface area (TPSA) is 136 Å². The Morgan fingerprint density at radius 2 is 1.89 bits per heavy atom. The SMILES string of the molecule is CCOC(=O)c1c(NC(=O)C(=O)N/N=C/c2cccc(OC(=O)c3ccco3)c2)sc2c1CCCCC2. The molecule has 11 heteroatoms. The van der Waals surface area contributed by atoms with Crippen LogP contribution in [0.5, 0.6) is 5.75 Å². The lowest BCUT2D eigenvalue weighted by Crippen LogP contribution is -2.32. The second-order valence-electron chi connectivity index (χ2n) is 8.08. The number of esters is 2. The van der Waals surface area contributed by atoms with Gasteiger partial charge in [0.25, 0.3) is 0 Å². The monoisotopic (exact) mass is 523 g/mol. The van der Waals surface area contributed by atoms with Crippen molar-refractivity contribution in [2.45, 2.75) is 39.0 Å². The number of anilines is 1. The van der Waals surface area contributed by atoms with Crippen LogP contribution in [0, 0.1) is 0 Å². The summed E-state index contributed by atoms with van der Waals surface area (Å²) in [7, 11) is 0. The number of carbonyl (C=O) groups is 4. The number of thiophene rings is 1. The number of furan rings is 1. The van der Waals surface area contributed by atoms with E-state index in [1.54, 1.807) is 31.2 Å². The standard InChI is InChI=1S/C26H25N3O7S/c1-2-34-26(33)21-18-10-4-3-5-12-20(18)37-24(21)28-22(30)23(31)29-27-15-16-8-6-9-17(14-16)36-25(32)19-11-7-13-35-19/h6-9,11,13-15H,2-5,10,12H2,1H3,(H,28,30)(H,29,31)/b27-15+. The van der Waals surface area contributed by atoms with E-state index in [1.165, 1.54) is 35.9 Å². The fourth-order valence-electron chi connectivity index (χ4n) is 3.84. The highest BCUT2D eigenvalue weighted by molar-refractivity contribution is 7.17. The minimum atomic E-state index is -1.00. The third-order valence-corrected chi connectivity index (χ3v) is 6.71. The Kier molecular flexibility index (Phi) is 8.47. The maximum absolute atomic E-state index is 12.6. The van der Waals surface area contributed by atoms with Crippen molar-refractivity contribution in [3.05, 3.63) is 70.0 Å². The molecule has 0 saturated carbocycles. The summed E-state index contributed by atoms with van der Waals surface area (Å²) >= 11 is 1.30. The average Bonchev–Trinajstić information content (AvgIpc) is 3.47. The van der Waals surface area contributed by atoms with Gasteiger partial charge in [-0.1, -0.05) is 18.6 Å². The van der Waals surface area contributed by atoms with Crippen LogP contribution >= 0.6 is 11.3 Å². The molecule has 0 bridgehead atoms. The summed E-state index contributed by atoms with van der Waals surface area (Å²) in [5, 5.41) is 6.66. The number of carbonyl (C=O) groups excluding carboxylic acids is 4. The zero-order valence-corrected chi connectivity index (χ0v) is 20.9. The van der Waals surface area contributed by atoms with E-state index in [1.807, 2.05) is 0 Å². The van der Waals surface area contributed by atoms with Crippen molar-refractivity contribution in [2.75, 3.05) is 11.9 Å². The van der Waals surface area contributed by atoms with Gasteiger partial charge in [0.15, 0.2) is 0 Å². The van der Waals surface area contributed by atoms with Crippen LogP contribution in [0.1, 0.15) is 63.1 Å². The van der Waals surface area contributed by atoms with Gasteiger partial charge in [-0.05, 0) is 68.0 Å². The number of fused-ring (bicyclic) bond motifs is 1. The summed E-state index contributed by atoms with van der Waals surface area (Å²) in [5.74, 6) is -2.82. The lowest BCUT2D eigenvalue weighted by molar-refractivity contribution is -0.136. The molecule has 0 unspecified atom stereocenters. The second kappa shape index (κ2) is 12.1. The molecule has 2 heterocycles. The first-order valence-corrected chi connectivity index (χ1v) is 12.6. The molecule has 2 amide bonds. The Bertz CT molecular complexity index is 1330. The maximum atomic E-state index is 12.6. The number of ether oxygens (including phenoxy) is 2. The number of nitrogens with zero attached hydrogens (tertiary/aromatic N) is 1. The summed E-state index contributed by atoms with van der Waals surface area (Å²) in [6.45, 7) is 1.92. The number of amides is 2. The van der Waals surface area contributed by atoms with Gasteiger partial charge in [0.05, 0.1) is 24.6 Å². The maximum Gasteiger partial charge on any atom is 0.379 e. The van der Waals surface area contributed by atoms with Crippen molar-refractivity contribution in [1.29, 1.82) is 0 Å². The Balaban J connectivity index is 1.39. The second-order valence-corrected chi connectivity index (χ2v) is 9.19. The van der Waals surface area contributed by atoms with Crippen molar-refractivity contribution >= 4 is 46.3 Å². The summed E-state index contributed by atoms with van der Waals surface area (Å²) in [6.07, 6.45) is 7.22. The Morgan fingerprint density at radius 1 is 1.05 bits per heavy atom. The molecule has 37 heavy (non-hydrogen) atoms. The predicted octanol–water partition coefficient (Wildman–Crippen LogP) is 4.09. The lowest BCUT2D eigenvalue weighted by Gasteiger charge is -2.08. The molecule has 4 rings (SSSR count). The van der Waals surface area contributed by atoms with E-state index in [2.05, 4.69) is 15.8 Å². The largest absolute Gasteiger partial charge is 0.462 e. The number of nitrogens with one attached hydrogen (secondary N) is 2. The molecule has 1 aromatic carbocycles. The molecule has 0 saturated heterocycles. The summed E-state index contributed by atoms with van der Waals surface area (Å²) in [5.41, 5.74) is 3.89. The predicted molar refractivity (Wildman–Crippen MR) is 136 cm³/mol. The van der Waals surface area contributed by atoms with Gasteiger partial charge in [-0.25, -0.2) is 15.0 Å². The minimum Gasteiger partial charge on any atom is -0.462 e. The quantitative estimate of drug-likeness (QED) is 0.119. The van der Waals surface area contributed by atoms with Crippen LogP contribution in [0.4, 0.5) is 5.00 Å². The number of benzene rings is 1. The molecule has 0 radical (unpaired) electrons. The van der Waals surface area contributed by atoms with Crippen LogP contribution in [0.2, 0.25) is 0 Å². The van der Waals surface area contributed by atoms with Gasteiger partial charge in [0.1, 0.15) is 10.8 Å². The molecule has 1 aliphatic rings. The van der Waals surface area contributed by atoms with E-state index in [0.29, 0.717) is 16.1 Å². The number of hydrogen-bond donors (Lipinski definition) is 2. The highest BCUT2D eigenvalue weighted by atomic mass is 32.1. The third-order valence-electron chi connectivity index (χ3n) is 5.50. The van der Waals surface area contributed by atoms with Gasteiger partial charge in [-0.2, -0.15) is 5.10 Å². The number of hydrazone groups is 1. The van der Waals surface area contributed by atoms with Gasteiger partial charge >= 0.3 is 23.8 Å². The van der Waals surface area contributed by atoms with E-state index >= 15 is 0 Å². The fourth-order valence-corrected chi connectivity index (χ4v) is 5.11. The van der Waals surface area contributed by atoms with Crippen LogP contribution in [0.3, 0.4) is 0 Å². The minimum absolute atomic E-state index is 0.0607. The number of aryl methyl sites for hydroxylation is 1. The number of hydrogen-bond acceptors (Lipinski definition) is 9. The Morgan fingerprint density at radius 3 is 2.68 bits per heavy atom. The van der Waals surface area contributed by atoms with Crippen molar-refractivity contribution in [3.63, 3.8) is 0 Å². The highest BCUT2D eigenvalue weighted by Gasteiger charge is 2.27. The van der Waals surface area contributed by atoms with Crippen molar-refractivity contribution < 1.29 is 33.1 Å². The first kappa shape index (κ1) is 25.8. The molecule has 192 valence electrons. The van der Waals surface area contributed by atoms with Gasteiger partial charge < -0.3 is 19.2 Å². The van der Waals surface area contributed by atoms with Crippen LogP contribution in [0.25, 0.3) is 0 Å². The van der Waals surface area contributed by atoms with Crippen LogP contribution in [-0.4, -0.2) is 36.6 Å². The smallest absolute Gasteiger partial charge is 0.379 e. The zero-order valence-electron chi connectivity index (χ0n) is 20.1. The van der Waals surface area contributed by atoms with E-state index < -0.39 is 23.8 Å². The normalized spacial score (nSPS) is 12.9. The molecule has 0 atom stereocenters. The van der Waals surface area contributed by atoms with Crippen molar-refractivity contribution in [1.82, 2.24) is 5.43 Å². The van der Waals surface area contributed by atoms with E-state index in [-0.39, 0.29) is 18.1 Å². The zero-order chi connectivity index (χ0) is 26.2. The van der Waals surface area contributed by atoms with E-state index in [4.69, 9.17) is 13.9 Å². The summed E-state index contributed by atoms with van der Waals surface area (Å²) in [6, 6.07) is 9.47. The van der Waals surface area contributed by atoms with Crippen molar-refractivity contribution in [2.24, 2.45) is 5.10 Å². The van der Waals surface area contributed by atoms with Gasteiger partial charge in [0, 0.05) is 4.88 Å². The average molecular weight is 524 g/mol. The van der Waals surface area contributed by atoms with Crippen LogP contribution < -0.4 is 15.5 Å².